The monoisotopic (exact) mass is 387 g/mol. The first kappa shape index (κ1) is 21.4. The third kappa shape index (κ3) is 6.08. The van der Waals surface area contributed by atoms with E-state index >= 15 is 0 Å². The van der Waals surface area contributed by atoms with Gasteiger partial charge in [0.25, 0.3) is 0 Å². The normalized spacial score (nSPS) is 10.3. The Morgan fingerprint density at radius 1 is 0.750 bits per heavy atom. The van der Waals surface area contributed by atoms with Gasteiger partial charge >= 0.3 is 0 Å². The molecule has 0 unspecified atom stereocenters. The summed E-state index contributed by atoms with van der Waals surface area (Å²) in [6.07, 6.45) is 2.81. The maximum absolute atomic E-state index is 12.1. The van der Waals surface area contributed by atoms with Crippen molar-refractivity contribution in [1.29, 1.82) is 0 Å². The van der Waals surface area contributed by atoms with Crippen LogP contribution in [0.25, 0.3) is 0 Å². The number of rotatable bonds is 11. The topological polar surface area (TPSA) is 66.0 Å². The standard InChI is InChI=1S/C22H29NO5/c1-25-18-10-8-16(14-20(18)27-3)6-5-7-22(24)23-13-12-17-9-11-19(26-2)21(15-17)28-4/h8-11,14-15H,5-7,12-13H2,1-4H3,(H,23,24). The fraction of sp³-hybridized carbons (Fsp3) is 0.409. The van der Waals surface area contributed by atoms with Crippen LogP contribution in [0, 0.1) is 0 Å². The first-order chi connectivity index (χ1) is 13.6. The van der Waals surface area contributed by atoms with Gasteiger partial charge in [0.15, 0.2) is 23.0 Å². The van der Waals surface area contributed by atoms with E-state index in [1.165, 1.54) is 0 Å². The second-order valence-corrected chi connectivity index (χ2v) is 6.33. The van der Waals surface area contributed by atoms with Crippen molar-refractivity contribution in [2.75, 3.05) is 35.0 Å². The zero-order valence-electron chi connectivity index (χ0n) is 17.0. The predicted octanol–water partition coefficient (Wildman–Crippen LogP) is 3.40. The van der Waals surface area contributed by atoms with Gasteiger partial charge in [0.05, 0.1) is 28.4 Å². The Labute approximate surface area is 166 Å². The smallest absolute Gasteiger partial charge is 0.220 e. The van der Waals surface area contributed by atoms with Crippen LogP contribution in [-0.4, -0.2) is 40.9 Å². The Balaban J connectivity index is 1.73. The Kier molecular flexibility index (Phi) is 8.46. The number of amides is 1. The Morgan fingerprint density at radius 3 is 1.75 bits per heavy atom. The summed E-state index contributed by atoms with van der Waals surface area (Å²) < 4.78 is 21.1. The molecule has 6 nitrogen and oxygen atoms in total. The highest BCUT2D eigenvalue weighted by molar-refractivity contribution is 5.75. The van der Waals surface area contributed by atoms with Crippen LogP contribution in [0.15, 0.2) is 36.4 Å². The first-order valence-electron chi connectivity index (χ1n) is 9.29. The lowest BCUT2D eigenvalue weighted by molar-refractivity contribution is -0.121. The molecular formula is C22H29NO5. The third-order valence-corrected chi connectivity index (χ3v) is 4.50. The summed E-state index contributed by atoms with van der Waals surface area (Å²) in [5, 5.41) is 2.97. The molecule has 0 saturated carbocycles. The molecule has 2 aromatic rings. The predicted molar refractivity (Wildman–Crippen MR) is 109 cm³/mol. The van der Waals surface area contributed by atoms with Gasteiger partial charge in [0.2, 0.25) is 5.91 Å². The third-order valence-electron chi connectivity index (χ3n) is 4.50. The quantitative estimate of drug-likeness (QED) is 0.640. The van der Waals surface area contributed by atoms with E-state index in [9.17, 15) is 4.79 Å². The molecular weight excluding hydrogens is 358 g/mol. The Bertz CT molecular complexity index is 712. The number of carbonyl (C=O) groups is 1. The summed E-state index contributed by atoms with van der Waals surface area (Å²) >= 11 is 0. The summed E-state index contributed by atoms with van der Waals surface area (Å²) in [7, 11) is 6.46. The fourth-order valence-corrected chi connectivity index (χ4v) is 2.96. The minimum Gasteiger partial charge on any atom is -0.493 e. The molecule has 1 amide bonds. The lowest BCUT2D eigenvalue weighted by Gasteiger charge is -2.10. The highest BCUT2D eigenvalue weighted by atomic mass is 16.5. The van der Waals surface area contributed by atoms with E-state index < -0.39 is 0 Å². The number of aryl methyl sites for hydroxylation is 1. The van der Waals surface area contributed by atoms with E-state index in [0.717, 1.165) is 30.4 Å². The van der Waals surface area contributed by atoms with Crippen molar-refractivity contribution in [3.05, 3.63) is 47.5 Å². The molecule has 0 aliphatic heterocycles. The molecule has 0 bridgehead atoms. The van der Waals surface area contributed by atoms with E-state index in [1.807, 2.05) is 36.4 Å². The zero-order valence-corrected chi connectivity index (χ0v) is 17.0. The molecule has 28 heavy (non-hydrogen) atoms. The molecule has 0 heterocycles. The summed E-state index contributed by atoms with van der Waals surface area (Å²) in [5.74, 6) is 2.87. The van der Waals surface area contributed by atoms with Gasteiger partial charge in [0.1, 0.15) is 0 Å². The molecule has 2 aromatic carbocycles. The molecule has 0 spiro atoms. The van der Waals surface area contributed by atoms with Gasteiger partial charge in [-0.3, -0.25) is 4.79 Å². The number of nitrogens with one attached hydrogen (secondary N) is 1. The van der Waals surface area contributed by atoms with E-state index in [1.54, 1.807) is 28.4 Å². The van der Waals surface area contributed by atoms with Gasteiger partial charge in [-0.15, -0.1) is 0 Å². The lowest BCUT2D eigenvalue weighted by atomic mass is 10.1. The van der Waals surface area contributed by atoms with Crippen molar-refractivity contribution < 1.29 is 23.7 Å². The van der Waals surface area contributed by atoms with Crippen LogP contribution in [0.1, 0.15) is 24.0 Å². The molecule has 0 radical (unpaired) electrons. The van der Waals surface area contributed by atoms with Crippen LogP contribution in [0.4, 0.5) is 0 Å². The zero-order chi connectivity index (χ0) is 20.4. The Morgan fingerprint density at radius 2 is 1.25 bits per heavy atom. The van der Waals surface area contributed by atoms with Gasteiger partial charge in [-0.05, 0) is 54.7 Å². The maximum atomic E-state index is 12.1. The van der Waals surface area contributed by atoms with Crippen molar-refractivity contribution in [1.82, 2.24) is 5.32 Å². The summed E-state index contributed by atoms with van der Waals surface area (Å²) in [5.41, 5.74) is 2.21. The molecule has 0 aliphatic carbocycles. The maximum Gasteiger partial charge on any atom is 0.220 e. The van der Waals surface area contributed by atoms with Crippen LogP contribution in [-0.2, 0) is 17.6 Å². The lowest BCUT2D eigenvalue weighted by Crippen LogP contribution is -2.25. The van der Waals surface area contributed by atoms with Gasteiger partial charge in [-0.1, -0.05) is 12.1 Å². The molecule has 152 valence electrons. The number of hydrogen-bond acceptors (Lipinski definition) is 5. The van der Waals surface area contributed by atoms with E-state index in [-0.39, 0.29) is 5.91 Å². The van der Waals surface area contributed by atoms with Gasteiger partial charge in [0, 0.05) is 13.0 Å². The highest BCUT2D eigenvalue weighted by Crippen LogP contribution is 2.28. The minimum absolute atomic E-state index is 0.0564. The number of carbonyl (C=O) groups excluding carboxylic acids is 1. The SMILES string of the molecule is COc1ccc(CCCC(=O)NCCc2ccc(OC)c(OC)c2)cc1OC. The molecule has 0 aliphatic rings. The van der Waals surface area contributed by atoms with Gasteiger partial charge in [-0.25, -0.2) is 0 Å². The van der Waals surface area contributed by atoms with Crippen molar-refractivity contribution >= 4 is 5.91 Å². The molecule has 6 heteroatoms. The second-order valence-electron chi connectivity index (χ2n) is 6.33. The largest absolute Gasteiger partial charge is 0.493 e. The summed E-state index contributed by atoms with van der Waals surface area (Å²) in [6, 6.07) is 11.6. The van der Waals surface area contributed by atoms with E-state index in [0.29, 0.717) is 36.0 Å². The van der Waals surface area contributed by atoms with Crippen molar-refractivity contribution in [3.8, 4) is 23.0 Å². The number of benzene rings is 2. The average molecular weight is 387 g/mol. The summed E-state index contributed by atoms with van der Waals surface area (Å²) in [6.45, 7) is 0.588. The Hall–Kier alpha value is -2.89. The van der Waals surface area contributed by atoms with Crippen LogP contribution < -0.4 is 24.3 Å². The summed E-state index contributed by atoms with van der Waals surface area (Å²) in [4.78, 5) is 12.1. The average Bonchev–Trinajstić information content (AvgIpc) is 2.73. The van der Waals surface area contributed by atoms with Crippen molar-refractivity contribution in [3.63, 3.8) is 0 Å². The molecule has 0 atom stereocenters. The molecule has 0 saturated heterocycles. The van der Waals surface area contributed by atoms with Crippen LogP contribution in [0.2, 0.25) is 0 Å². The van der Waals surface area contributed by atoms with Gasteiger partial charge < -0.3 is 24.3 Å². The molecule has 0 aromatic heterocycles. The van der Waals surface area contributed by atoms with Crippen LogP contribution >= 0.6 is 0 Å². The van der Waals surface area contributed by atoms with E-state index in [2.05, 4.69) is 5.32 Å². The second kappa shape index (κ2) is 11.1. The molecule has 1 N–H and O–H groups in total. The number of methoxy groups -OCH3 is 4. The number of hydrogen-bond donors (Lipinski definition) is 1. The van der Waals surface area contributed by atoms with Crippen molar-refractivity contribution in [2.45, 2.75) is 25.7 Å². The van der Waals surface area contributed by atoms with E-state index in [4.69, 9.17) is 18.9 Å². The fourth-order valence-electron chi connectivity index (χ4n) is 2.96. The minimum atomic E-state index is 0.0564. The van der Waals surface area contributed by atoms with Crippen molar-refractivity contribution in [2.24, 2.45) is 0 Å². The first-order valence-corrected chi connectivity index (χ1v) is 9.29. The molecule has 2 rings (SSSR count). The van der Waals surface area contributed by atoms with Gasteiger partial charge in [-0.2, -0.15) is 0 Å². The highest BCUT2D eigenvalue weighted by Gasteiger charge is 2.07. The van der Waals surface area contributed by atoms with Crippen LogP contribution in [0.3, 0.4) is 0 Å². The molecule has 0 fully saturated rings. The number of ether oxygens (including phenoxy) is 4. The van der Waals surface area contributed by atoms with Crippen LogP contribution in [0.5, 0.6) is 23.0 Å².